The Morgan fingerprint density at radius 1 is 1.33 bits per heavy atom. The average Bonchev–Trinajstić information content (AvgIpc) is 3.33. The molecule has 1 aliphatic heterocycles. The van der Waals surface area contributed by atoms with Crippen molar-refractivity contribution in [2.45, 2.75) is 25.6 Å². The van der Waals surface area contributed by atoms with E-state index in [-0.39, 0.29) is 6.47 Å². The van der Waals surface area contributed by atoms with E-state index in [2.05, 4.69) is 14.9 Å². The highest BCUT2D eigenvalue weighted by Gasteiger charge is 2.20. The van der Waals surface area contributed by atoms with E-state index in [0.29, 0.717) is 29.4 Å². The van der Waals surface area contributed by atoms with Crippen molar-refractivity contribution in [2.24, 2.45) is 0 Å². The average molecular weight is 429 g/mol. The zero-order chi connectivity index (χ0) is 20.9. The summed E-state index contributed by atoms with van der Waals surface area (Å²) in [4.78, 5) is 19.3. The lowest BCUT2D eigenvalue weighted by molar-refractivity contribution is -0.122. The summed E-state index contributed by atoms with van der Waals surface area (Å²) in [6.45, 7) is 2.12. The third kappa shape index (κ3) is 4.58. The van der Waals surface area contributed by atoms with E-state index in [1.165, 1.54) is 11.3 Å². The van der Waals surface area contributed by atoms with Crippen molar-refractivity contribution in [2.75, 3.05) is 13.1 Å². The summed E-state index contributed by atoms with van der Waals surface area (Å²) in [5.74, 6) is 0.681. The predicted molar refractivity (Wildman–Crippen MR) is 112 cm³/mol. The van der Waals surface area contributed by atoms with E-state index in [0.717, 1.165) is 40.9 Å². The molecule has 156 valence electrons. The Morgan fingerprint density at radius 2 is 2.13 bits per heavy atom. The van der Waals surface area contributed by atoms with Gasteiger partial charge in [0, 0.05) is 42.8 Å². The SMILES string of the molecule is FC1CCN(Cc2coc3cc(Oc4nc5ncccc5s4)ccc23)CC1.O=CO. The van der Waals surface area contributed by atoms with Crippen LogP contribution in [0.2, 0.25) is 0 Å². The second kappa shape index (κ2) is 9.19. The molecular weight excluding hydrogens is 409 g/mol. The molecule has 0 atom stereocenters. The van der Waals surface area contributed by atoms with Crippen LogP contribution in [0.25, 0.3) is 21.3 Å². The number of benzene rings is 1. The van der Waals surface area contributed by atoms with Crippen molar-refractivity contribution in [1.29, 1.82) is 0 Å². The number of carboxylic acid groups (broad SMARTS) is 1. The lowest BCUT2D eigenvalue weighted by atomic mass is 10.1. The van der Waals surface area contributed by atoms with Gasteiger partial charge in [-0.15, -0.1) is 0 Å². The van der Waals surface area contributed by atoms with Crippen LogP contribution in [0.3, 0.4) is 0 Å². The number of fused-ring (bicyclic) bond motifs is 2. The number of alkyl halides is 1. The molecule has 5 rings (SSSR count). The summed E-state index contributed by atoms with van der Waals surface area (Å²) in [6.07, 6.45) is 4.09. The van der Waals surface area contributed by atoms with E-state index in [1.54, 1.807) is 12.5 Å². The Bertz CT molecular complexity index is 1100. The Labute approximate surface area is 175 Å². The zero-order valence-electron chi connectivity index (χ0n) is 16.0. The van der Waals surface area contributed by atoms with Crippen LogP contribution in [0.15, 0.2) is 47.2 Å². The minimum absolute atomic E-state index is 0.250. The van der Waals surface area contributed by atoms with Gasteiger partial charge in [0.15, 0.2) is 5.65 Å². The number of halogens is 1. The van der Waals surface area contributed by atoms with Crippen LogP contribution < -0.4 is 4.74 Å². The maximum atomic E-state index is 13.3. The topological polar surface area (TPSA) is 88.7 Å². The molecule has 9 heteroatoms. The van der Waals surface area contributed by atoms with Crippen molar-refractivity contribution >= 4 is 39.1 Å². The molecule has 1 N–H and O–H groups in total. The first-order valence-corrected chi connectivity index (χ1v) is 10.3. The first-order valence-electron chi connectivity index (χ1n) is 9.50. The van der Waals surface area contributed by atoms with E-state index in [4.69, 9.17) is 19.1 Å². The van der Waals surface area contributed by atoms with Crippen LogP contribution in [0.5, 0.6) is 10.9 Å². The van der Waals surface area contributed by atoms with Gasteiger partial charge in [-0.25, -0.2) is 9.37 Å². The molecule has 0 saturated carbocycles. The number of thiazole rings is 1. The Morgan fingerprint density at radius 3 is 2.90 bits per heavy atom. The molecule has 0 unspecified atom stereocenters. The molecule has 4 heterocycles. The van der Waals surface area contributed by atoms with Crippen molar-refractivity contribution in [1.82, 2.24) is 14.9 Å². The van der Waals surface area contributed by atoms with E-state index in [1.807, 2.05) is 30.3 Å². The van der Waals surface area contributed by atoms with Gasteiger partial charge in [0.05, 0.1) is 11.0 Å². The van der Waals surface area contributed by atoms with Gasteiger partial charge < -0.3 is 14.3 Å². The molecule has 3 aromatic heterocycles. The quantitative estimate of drug-likeness (QED) is 0.463. The molecule has 1 saturated heterocycles. The number of hydrogen-bond donors (Lipinski definition) is 1. The van der Waals surface area contributed by atoms with Gasteiger partial charge in [-0.2, -0.15) is 4.98 Å². The van der Waals surface area contributed by atoms with Crippen molar-refractivity contribution < 1.29 is 23.4 Å². The first kappa shape index (κ1) is 20.2. The van der Waals surface area contributed by atoms with Crippen LogP contribution in [0.1, 0.15) is 18.4 Å². The van der Waals surface area contributed by atoms with Crippen LogP contribution in [-0.4, -0.2) is 45.7 Å². The molecule has 0 bridgehead atoms. The molecule has 0 spiro atoms. The number of likely N-dealkylation sites (tertiary alicyclic amines) is 1. The normalized spacial score (nSPS) is 15.1. The molecule has 1 aliphatic rings. The highest BCUT2D eigenvalue weighted by molar-refractivity contribution is 7.20. The summed E-state index contributed by atoms with van der Waals surface area (Å²) < 4.78 is 25.9. The van der Waals surface area contributed by atoms with Gasteiger partial charge in [-0.05, 0) is 37.1 Å². The van der Waals surface area contributed by atoms with Crippen molar-refractivity contribution in [3.05, 3.63) is 48.4 Å². The molecule has 1 fully saturated rings. The standard InChI is InChI=1S/C20H18FN3O2S.CH2O2/c21-14-5-8-24(9-6-14)11-13-12-25-17-10-15(3-4-16(13)17)26-20-23-19-18(27-20)2-1-7-22-19;2-1-3/h1-4,7,10,12,14H,5-6,8-9,11H2;1H,(H,2,3). The van der Waals surface area contributed by atoms with Gasteiger partial charge in [0.1, 0.15) is 17.5 Å². The van der Waals surface area contributed by atoms with Crippen LogP contribution in [-0.2, 0) is 11.3 Å². The highest BCUT2D eigenvalue weighted by Crippen LogP contribution is 2.33. The number of piperidine rings is 1. The third-order valence-corrected chi connectivity index (χ3v) is 5.78. The maximum Gasteiger partial charge on any atom is 0.290 e. The number of carbonyl (C=O) groups is 1. The number of rotatable bonds is 4. The van der Waals surface area contributed by atoms with E-state index >= 15 is 0 Å². The van der Waals surface area contributed by atoms with Crippen LogP contribution in [0.4, 0.5) is 4.39 Å². The molecule has 0 radical (unpaired) electrons. The summed E-state index contributed by atoms with van der Waals surface area (Å²) in [5.41, 5.74) is 2.59. The summed E-state index contributed by atoms with van der Waals surface area (Å²) in [6, 6.07) is 9.68. The predicted octanol–water partition coefficient (Wildman–Crippen LogP) is 4.86. The molecule has 0 aliphatic carbocycles. The second-order valence-electron chi connectivity index (χ2n) is 6.88. The summed E-state index contributed by atoms with van der Waals surface area (Å²) >= 11 is 1.46. The first-order chi connectivity index (χ1) is 14.7. The van der Waals surface area contributed by atoms with E-state index in [9.17, 15) is 4.39 Å². The fourth-order valence-corrected chi connectivity index (χ4v) is 4.24. The third-order valence-electron chi connectivity index (χ3n) is 4.89. The fourth-order valence-electron chi connectivity index (χ4n) is 3.44. The Hall–Kier alpha value is -3.04. The van der Waals surface area contributed by atoms with Crippen LogP contribution >= 0.6 is 11.3 Å². The summed E-state index contributed by atoms with van der Waals surface area (Å²) in [5, 5.41) is 8.51. The lowest BCUT2D eigenvalue weighted by Crippen LogP contribution is -2.33. The number of hydrogen-bond acceptors (Lipinski definition) is 7. The molecule has 7 nitrogen and oxygen atoms in total. The number of aromatic nitrogens is 2. The number of furan rings is 1. The monoisotopic (exact) mass is 429 g/mol. The highest BCUT2D eigenvalue weighted by atomic mass is 32.1. The fraction of sp³-hybridized carbons (Fsp3) is 0.286. The smallest absolute Gasteiger partial charge is 0.290 e. The number of ether oxygens (including phenoxy) is 1. The Kier molecular flexibility index (Phi) is 6.20. The number of pyridine rings is 1. The van der Waals surface area contributed by atoms with Gasteiger partial charge in [0.25, 0.3) is 11.7 Å². The van der Waals surface area contributed by atoms with Gasteiger partial charge in [-0.3, -0.25) is 9.69 Å². The summed E-state index contributed by atoms with van der Waals surface area (Å²) in [7, 11) is 0. The molecule has 30 heavy (non-hydrogen) atoms. The second-order valence-corrected chi connectivity index (χ2v) is 7.88. The number of nitrogens with zero attached hydrogens (tertiary/aromatic N) is 3. The minimum atomic E-state index is -0.653. The zero-order valence-corrected chi connectivity index (χ0v) is 16.8. The van der Waals surface area contributed by atoms with Gasteiger partial charge >= 0.3 is 0 Å². The minimum Gasteiger partial charge on any atom is -0.483 e. The molecule has 0 amide bonds. The van der Waals surface area contributed by atoms with Gasteiger partial charge in [0.2, 0.25) is 0 Å². The lowest BCUT2D eigenvalue weighted by Gasteiger charge is -2.28. The van der Waals surface area contributed by atoms with Crippen molar-refractivity contribution in [3.8, 4) is 10.9 Å². The van der Waals surface area contributed by atoms with Crippen molar-refractivity contribution in [3.63, 3.8) is 0 Å². The maximum absolute atomic E-state index is 13.3. The van der Waals surface area contributed by atoms with Gasteiger partial charge in [-0.1, -0.05) is 11.3 Å². The molecule has 1 aromatic carbocycles. The van der Waals surface area contributed by atoms with Crippen LogP contribution in [0, 0.1) is 0 Å². The molecular formula is C21H20FN3O4S. The Balaban J connectivity index is 0.000000687. The molecule has 4 aromatic rings. The van der Waals surface area contributed by atoms with E-state index < -0.39 is 6.17 Å². The largest absolute Gasteiger partial charge is 0.483 e.